The summed E-state index contributed by atoms with van der Waals surface area (Å²) in [5.74, 6) is -0.786. The molecule has 0 heterocycles. The van der Waals surface area contributed by atoms with Crippen molar-refractivity contribution in [1.29, 1.82) is 21.0 Å². The van der Waals surface area contributed by atoms with Crippen LogP contribution in [0.1, 0.15) is 35.2 Å². The van der Waals surface area contributed by atoms with Crippen LogP contribution >= 0.6 is 76.4 Å². The molecule has 0 amide bonds. The smallest absolute Gasteiger partial charge is 0.512 e. The van der Waals surface area contributed by atoms with Crippen molar-refractivity contribution in [2.45, 2.75) is 26.6 Å². The zero-order chi connectivity index (χ0) is 95.7. The van der Waals surface area contributed by atoms with Crippen LogP contribution in [0.25, 0.3) is 0 Å². The molecule has 0 aromatic heterocycles. The molecule has 15 rings (SSSR count). The van der Waals surface area contributed by atoms with E-state index in [0.29, 0.717) is 27.6 Å². The summed E-state index contributed by atoms with van der Waals surface area (Å²) in [5.41, 5.74) is 3.34. The molecule has 0 atom stereocenters. The first-order valence-electron chi connectivity index (χ1n) is 40.7. The minimum Gasteiger partial charge on any atom is -0.512 e. The van der Waals surface area contributed by atoms with Crippen LogP contribution in [0.3, 0.4) is 0 Å². The molecule has 0 aliphatic carbocycles. The third-order valence-electron chi connectivity index (χ3n) is 19.0. The van der Waals surface area contributed by atoms with E-state index in [9.17, 15) is 13.2 Å². The van der Waals surface area contributed by atoms with E-state index in [1.807, 2.05) is 19.1 Å². The second-order valence-electron chi connectivity index (χ2n) is 28.1. The molecule has 0 N–H and O–H groups in total. The average Bonchev–Trinajstić information content (AvgIpc) is 0.854. The Kier molecular flexibility index (Phi) is 64.3. The number of nitriles is 2. The fourth-order valence-electron chi connectivity index (χ4n) is 13.2. The predicted molar refractivity (Wildman–Crippen MR) is 596 cm³/mol. The van der Waals surface area contributed by atoms with Crippen molar-refractivity contribution in [1.82, 2.24) is 0 Å². The molecule has 0 bridgehead atoms. The third-order valence-corrected chi connectivity index (χ3v) is 30.3. The van der Waals surface area contributed by atoms with E-state index in [0.717, 1.165) is 10.0 Å². The minimum atomic E-state index is -0.853. The maximum Gasteiger partial charge on any atom is 2.00 e. The van der Waals surface area contributed by atoms with Gasteiger partial charge in [0.2, 0.25) is 0 Å². The number of halogens is 5. The van der Waals surface area contributed by atoms with Crippen molar-refractivity contribution in [3.8, 4) is 12.1 Å². The summed E-state index contributed by atoms with van der Waals surface area (Å²) < 4.78 is 40.9. The average molecular weight is 2080 g/mol. The first kappa shape index (κ1) is 121. The van der Waals surface area contributed by atoms with E-state index >= 15 is 0 Å². The molecule has 15 aromatic carbocycles. The fraction of sp³-hybridized carbons (Fsp3) is 0.0408. The monoisotopic (exact) mass is 2080 g/mol. The van der Waals surface area contributed by atoms with Gasteiger partial charge in [0.05, 0.1) is 23.3 Å². The van der Waals surface area contributed by atoms with Crippen LogP contribution in [-0.4, -0.2) is 136 Å². The maximum atomic E-state index is 12.5. The molecule has 0 fully saturated rings. The standard InChI is InChI=1S/4C18H15P.C8H5BrFN.C8H6FN.C7H6BrF.2CN.CH4.B18.BHNS.Pd.Zn/c4*1-4-10-16(11-5-1)19(17-12-6-2-7-13-17)18-14-8-3-9-15-18;9-4-7-3-8(10)2-1-6(7)5-11;1-6-4-8(9)3-2-7(6)5-10;1-5-4-6(9)2-3-7(5)8;2*1-2;;1-11(2)16(12(3)4)18(15(9)10)17(13(5)6)14(7)8;1-2-3;;/h4*1-15H;1-3H,4H2;2-4H,1H3;2-4H,1H3;;;1H4;;3H;;/q;;;;;;;2*-1;;;;;+2. The molecule has 0 aliphatic rings. The van der Waals surface area contributed by atoms with Crippen LogP contribution < -0.4 is 63.7 Å². The van der Waals surface area contributed by atoms with Gasteiger partial charge in [0.15, 0.2) is 0 Å². The van der Waals surface area contributed by atoms with Crippen molar-refractivity contribution in [3.05, 3.63) is 481 Å². The van der Waals surface area contributed by atoms with E-state index < -0.39 is 82.8 Å². The summed E-state index contributed by atoms with van der Waals surface area (Å²) in [6, 6.07) is 146. The van der Waals surface area contributed by atoms with Gasteiger partial charge in [-0.05, 0) is 180 Å². The molecule has 15 aromatic rings. The summed E-state index contributed by atoms with van der Waals surface area (Å²) in [7, 11) is 59.3. The number of rotatable bonds is 20. The number of aryl methyl sites for hydroxylation is 2. The van der Waals surface area contributed by atoms with Crippen molar-refractivity contribution in [2.24, 2.45) is 4.30 Å². The van der Waals surface area contributed by atoms with Gasteiger partial charge >= 0.3 is 44.2 Å². The van der Waals surface area contributed by atoms with Gasteiger partial charge in [-0.2, -0.15) is 10.5 Å². The van der Waals surface area contributed by atoms with Crippen LogP contribution in [0.15, 0.2) is 427 Å². The molecular weight excluding hydrogens is 2000 g/mol. The van der Waals surface area contributed by atoms with Gasteiger partial charge in [0, 0.05) is 159 Å². The van der Waals surface area contributed by atoms with Crippen LogP contribution in [0.2, 0.25) is 0 Å². The second-order valence-corrected chi connectivity index (χ2v) is 38.6. The van der Waals surface area contributed by atoms with Gasteiger partial charge in [-0.15, -0.1) is 0 Å². The quantitative estimate of drug-likeness (QED) is 0.0270. The Morgan fingerprint density at radius 1 is 0.306 bits per heavy atom. The molecule has 0 saturated heterocycles. The summed E-state index contributed by atoms with van der Waals surface area (Å²) in [6.07, 6.45) is -6.04. The van der Waals surface area contributed by atoms with Gasteiger partial charge in [0.25, 0.3) is 0 Å². The molecular formula is C98H82B19Br2F3N5P4PdSZn. The van der Waals surface area contributed by atoms with Crippen molar-refractivity contribution < 1.29 is 53.1 Å². The molecule has 0 spiro atoms. The SMILES string of the molecule is C.Cc1cc(F)ccc1Br.Cc1cc(F)ccc1C#N.N#Cc1ccc(F)cc1CBr.[B]=NS.[B]B([B])B(B([B])[B])B(B([B])[B])B(B([B])[B])B([B])[B].[C-]#N.[C-]#N.[Pd].[Zn+2].c1ccc(P(c2ccccc2)c2ccccc2)cc1.c1ccc(P(c2ccccc2)c2ccccc2)cc1.c1ccc(P(c2ccccc2)c2ccccc2)cc1.c1ccc(P(c2ccccc2)c2ccccc2)cc1. The number of alkyl halides is 1. The second kappa shape index (κ2) is 70.9. The van der Waals surface area contributed by atoms with Gasteiger partial charge in [0.1, 0.15) is 17.5 Å². The summed E-state index contributed by atoms with van der Waals surface area (Å²) in [4.78, 5) is 0. The number of nitrogens with zero attached hydrogens (tertiary/aromatic N) is 5. The Labute approximate surface area is 866 Å². The molecule has 134 heavy (non-hydrogen) atoms. The predicted octanol–water partition coefficient (Wildman–Crippen LogP) is 15.4. The fourth-order valence-corrected chi connectivity index (χ4v) is 23.1. The molecule has 5 nitrogen and oxygen atoms in total. The largest absolute Gasteiger partial charge is 2.00 e. The van der Waals surface area contributed by atoms with Crippen LogP contribution in [0.5, 0.6) is 0 Å². The normalized spacial score (nSPS) is 9.41. The van der Waals surface area contributed by atoms with Gasteiger partial charge < -0.3 is 23.7 Å². The molecule has 629 valence electrons. The van der Waals surface area contributed by atoms with E-state index in [1.54, 1.807) is 13.0 Å². The van der Waals surface area contributed by atoms with Crippen molar-refractivity contribution >= 4 is 276 Å². The summed E-state index contributed by atoms with van der Waals surface area (Å²) in [5, 5.41) is 46.8. The van der Waals surface area contributed by atoms with Gasteiger partial charge in [-0.1, -0.05) is 403 Å². The molecule has 0 aliphatic heterocycles. The molecule has 21 radical (unpaired) electrons. The molecule has 36 heteroatoms. The van der Waals surface area contributed by atoms with Crippen molar-refractivity contribution in [3.63, 3.8) is 0 Å². The van der Waals surface area contributed by atoms with E-state index in [2.05, 4.69) is 421 Å². The van der Waals surface area contributed by atoms with Crippen LogP contribution in [0, 0.1) is 77.6 Å². The molecule has 0 unspecified atom stereocenters. The first-order valence-corrected chi connectivity index (χ1v) is 48.4. The zero-order valence-electron chi connectivity index (χ0n) is 73.4. The minimum absolute atomic E-state index is 0. The zero-order valence-corrected chi connectivity index (χ0v) is 85.6. The number of thiol groups is 1. The van der Waals surface area contributed by atoms with E-state index in [-0.39, 0.29) is 64.8 Å². The van der Waals surface area contributed by atoms with E-state index in [1.165, 1.54) is 112 Å². The Balaban J connectivity index is 0.000000517. The topological polar surface area (TPSA) is 108 Å². The Hall–Kier alpha value is -8.60. The van der Waals surface area contributed by atoms with E-state index in [4.69, 9.17) is 112 Å². The maximum absolute atomic E-state index is 12.5. The Morgan fingerprint density at radius 3 is 0.619 bits per heavy atom. The molecule has 0 saturated carbocycles. The van der Waals surface area contributed by atoms with Crippen LogP contribution in [0.4, 0.5) is 13.2 Å². The van der Waals surface area contributed by atoms with Gasteiger partial charge in [-0.25, -0.2) is 13.2 Å². The Bertz CT molecular complexity index is 4920. The van der Waals surface area contributed by atoms with Gasteiger partial charge in [-0.3, -0.25) is 0 Å². The van der Waals surface area contributed by atoms with Crippen LogP contribution in [-0.2, 0) is 45.2 Å². The number of benzene rings is 15. The Morgan fingerprint density at radius 2 is 0.470 bits per heavy atom. The summed E-state index contributed by atoms with van der Waals surface area (Å²) >= 11 is 9.62. The first-order chi connectivity index (χ1) is 63.5. The summed E-state index contributed by atoms with van der Waals surface area (Å²) in [6.45, 7) is 13.1. The third kappa shape index (κ3) is 42.6. The number of hydrogen-bond donors (Lipinski definition) is 1. The number of hydrogen-bond acceptors (Lipinski definition) is 6. The van der Waals surface area contributed by atoms with Crippen molar-refractivity contribution in [2.75, 3.05) is 0 Å².